The number of carbonyl (C=O) groups is 2. The number of carboxylic acid groups (broad SMARTS) is 1. The maximum absolute atomic E-state index is 12.1. The van der Waals surface area contributed by atoms with Gasteiger partial charge in [0.2, 0.25) is 5.91 Å². The fourth-order valence-corrected chi connectivity index (χ4v) is 2.25. The summed E-state index contributed by atoms with van der Waals surface area (Å²) >= 11 is 0. The van der Waals surface area contributed by atoms with E-state index in [0.717, 1.165) is 6.54 Å². The van der Waals surface area contributed by atoms with E-state index in [-0.39, 0.29) is 18.1 Å². The predicted molar refractivity (Wildman–Crippen MR) is 59.5 cm³/mol. The number of fused-ring (bicyclic) bond motifs is 1. The molecule has 96 valence electrons. The Kier molecular flexibility index (Phi) is 3.09. The molecule has 0 unspecified atom stereocenters. The quantitative estimate of drug-likeness (QED) is 0.626. The summed E-state index contributed by atoms with van der Waals surface area (Å²) in [5.74, 6) is -1.43. The smallest absolute Gasteiger partial charge is 0.318 e. The van der Waals surface area contributed by atoms with Crippen molar-refractivity contribution in [2.24, 2.45) is 5.41 Å². The highest BCUT2D eigenvalue weighted by atomic mass is 16.5. The van der Waals surface area contributed by atoms with Crippen molar-refractivity contribution >= 4 is 11.9 Å². The Hall–Kier alpha value is -1.14. The van der Waals surface area contributed by atoms with E-state index < -0.39 is 11.4 Å². The molecule has 1 amide bonds. The van der Waals surface area contributed by atoms with Gasteiger partial charge in [0.25, 0.3) is 0 Å². The van der Waals surface area contributed by atoms with Crippen molar-refractivity contribution in [3.05, 3.63) is 0 Å². The predicted octanol–water partition coefficient (Wildman–Crippen LogP) is -0.704. The maximum atomic E-state index is 12.1. The Morgan fingerprint density at radius 3 is 2.71 bits per heavy atom. The number of hydrogen-bond acceptors (Lipinski definition) is 4. The van der Waals surface area contributed by atoms with Crippen LogP contribution in [0.5, 0.6) is 0 Å². The SMILES string of the molecule is CC(C)(C(=O)O)C(=O)N1C[C@@H]2OCCN[C@@H]2C1. The number of aliphatic carboxylic acids is 1. The Balaban J connectivity index is 2.05. The highest BCUT2D eigenvalue weighted by molar-refractivity contribution is 6.01. The second-order valence-electron chi connectivity index (χ2n) is 5.11. The van der Waals surface area contributed by atoms with E-state index in [2.05, 4.69) is 5.32 Å². The molecular formula is C11H18N2O4. The van der Waals surface area contributed by atoms with Crippen molar-refractivity contribution in [1.82, 2.24) is 10.2 Å². The summed E-state index contributed by atoms with van der Waals surface area (Å²) in [6.07, 6.45) is -0.00250. The molecule has 6 nitrogen and oxygen atoms in total. The summed E-state index contributed by atoms with van der Waals surface area (Å²) in [5.41, 5.74) is -1.37. The van der Waals surface area contributed by atoms with Crippen LogP contribution in [0.4, 0.5) is 0 Å². The molecule has 2 atom stereocenters. The zero-order valence-electron chi connectivity index (χ0n) is 10.1. The third-order valence-electron chi connectivity index (χ3n) is 3.46. The Labute approximate surface area is 99.9 Å². The second kappa shape index (κ2) is 4.27. The third-order valence-corrected chi connectivity index (χ3v) is 3.46. The van der Waals surface area contributed by atoms with E-state index in [1.807, 2.05) is 0 Å². The topological polar surface area (TPSA) is 78.9 Å². The van der Waals surface area contributed by atoms with Gasteiger partial charge in [-0.05, 0) is 13.8 Å². The average Bonchev–Trinajstić information content (AvgIpc) is 2.70. The molecule has 0 aliphatic carbocycles. The van der Waals surface area contributed by atoms with E-state index >= 15 is 0 Å². The van der Waals surface area contributed by atoms with Crippen LogP contribution in [0.15, 0.2) is 0 Å². The molecule has 2 aliphatic heterocycles. The van der Waals surface area contributed by atoms with Crippen molar-refractivity contribution in [3.8, 4) is 0 Å². The highest BCUT2D eigenvalue weighted by Gasteiger charge is 2.45. The molecule has 2 heterocycles. The van der Waals surface area contributed by atoms with Gasteiger partial charge < -0.3 is 20.1 Å². The van der Waals surface area contributed by atoms with Crippen LogP contribution in [-0.4, -0.2) is 60.3 Å². The van der Waals surface area contributed by atoms with Crippen molar-refractivity contribution in [2.45, 2.75) is 26.0 Å². The summed E-state index contributed by atoms with van der Waals surface area (Å²) < 4.78 is 5.55. The van der Waals surface area contributed by atoms with E-state index in [1.54, 1.807) is 4.90 Å². The molecule has 17 heavy (non-hydrogen) atoms. The molecule has 0 aromatic rings. The first-order valence-electron chi connectivity index (χ1n) is 5.80. The van der Waals surface area contributed by atoms with Gasteiger partial charge in [-0.2, -0.15) is 0 Å². The van der Waals surface area contributed by atoms with Gasteiger partial charge in [-0.1, -0.05) is 0 Å². The lowest BCUT2D eigenvalue weighted by Gasteiger charge is -2.25. The minimum Gasteiger partial charge on any atom is -0.480 e. The maximum Gasteiger partial charge on any atom is 0.318 e. The minimum atomic E-state index is -1.37. The Morgan fingerprint density at radius 1 is 1.41 bits per heavy atom. The van der Waals surface area contributed by atoms with Gasteiger partial charge in [0.15, 0.2) is 0 Å². The van der Waals surface area contributed by atoms with Gasteiger partial charge in [0.05, 0.1) is 18.8 Å². The van der Waals surface area contributed by atoms with Crippen LogP contribution < -0.4 is 5.32 Å². The Bertz CT molecular complexity index is 328. The first-order chi connectivity index (χ1) is 7.93. The number of carboxylic acids is 1. The van der Waals surface area contributed by atoms with Crippen LogP contribution in [0.1, 0.15) is 13.8 Å². The van der Waals surface area contributed by atoms with Crippen LogP contribution in [0.3, 0.4) is 0 Å². The summed E-state index contributed by atoms with van der Waals surface area (Å²) in [6.45, 7) is 5.31. The van der Waals surface area contributed by atoms with Crippen LogP contribution in [-0.2, 0) is 14.3 Å². The van der Waals surface area contributed by atoms with E-state index in [9.17, 15) is 9.59 Å². The summed E-state index contributed by atoms with van der Waals surface area (Å²) in [7, 11) is 0. The fourth-order valence-electron chi connectivity index (χ4n) is 2.25. The van der Waals surface area contributed by atoms with Gasteiger partial charge in [-0.3, -0.25) is 9.59 Å². The first kappa shape index (κ1) is 12.3. The van der Waals surface area contributed by atoms with Crippen molar-refractivity contribution in [3.63, 3.8) is 0 Å². The van der Waals surface area contributed by atoms with E-state index in [1.165, 1.54) is 13.8 Å². The summed E-state index contributed by atoms with van der Waals surface area (Å²) in [4.78, 5) is 24.7. The number of carbonyl (C=O) groups excluding carboxylic acids is 1. The number of amides is 1. The standard InChI is InChI=1S/C11H18N2O4/c1-11(2,10(15)16)9(14)13-5-7-8(6-13)17-4-3-12-7/h7-8,12H,3-6H2,1-2H3,(H,15,16)/t7-,8+/m1/s1. The van der Waals surface area contributed by atoms with Crippen LogP contribution in [0, 0.1) is 5.41 Å². The lowest BCUT2D eigenvalue weighted by atomic mass is 9.92. The number of nitrogens with one attached hydrogen (secondary N) is 1. The van der Waals surface area contributed by atoms with Crippen LogP contribution >= 0.6 is 0 Å². The number of rotatable bonds is 2. The van der Waals surface area contributed by atoms with Crippen LogP contribution in [0.2, 0.25) is 0 Å². The summed E-state index contributed by atoms with van der Waals surface area (Å²) in [6, 6.07) is 0.136. The van der Waals surface area contributed by atoms with Crippen molar-refractivity contribution < 1.29 is 19.4 Å². The number of ether oxygens (including phenoxy) is 1. The zero-order valence-corrected chi connectivity index (χ0v) is 10.1. The fraction of sp³-hybridized carbons (Fsp3) is 0.818. The normalized spacial score (nSPS) is 28.9. The zero-order chi connectivity index (χ0) is 12.6. The average molecular weight is 242 g/mol. The molecule has 2 N–H and O–H groups in total. The van der Waals surface area contributed by atoms with E-state index in [4.69, 9.17) is 9.84 Å². The molecule has 0 spiro atoms. The van der Waals surface area contributed by atoms with Gasteiger partial charge in [0, 0.05) is 19.6 Å². The number of likely N-dealkylation sites (tertiary alicyclic amines) is 1. The van der Waals surface area contributed by atoms with Gasteiger partial charge in [0.1, 0.15) is 5.41 Å². The van der Waals surface area contributed by atoms with Gasteiger partial charge in [-0.15, -0.1) is 0 Å². The lowest BCUT2D eigenvalue weighted by molar-refractivity contribution is -0.157. The number of morpholine rings is 1. The molecule has 6 heteroatoms. The third kappa shape index (κ3) is 2.14. The van der Waals surface area contributed by atoms with E-state index in [0.29, 0.717) is 19.7 Å². The van der Waals surface area contributed by atoms with Gasteiger partial charge in [-0.25, -0.2) is 0 Å². The molecular weight excluding hydrogens is 224 g/mol. The minimum absolute atomic E-state index is 0.00250. The molecule has 2 rings (SSSR count). The summed E-state index contributed by atoms with van der Waals surface area (Å²) in [5, 5.41) is 12.3. The Morgan fingerprint density at radius 2 is 2.12 bits per heavy atom. The molecule has 0 aromatic carbocycles. The molecule has 2 fully saturated rings. The van der Waals surface area contributed by atoms with Crippen LogP contribution in [0.25, 0.3) is 0 Å². The number of hydrogen-bond donors (Lipinski definition) is 2. The molecule has 2 aliphatic rings. The van der Waals surface area contributed by atoms with Gasteiger partial charge >= 0.3 is 5.97 Å². The highest BCUT2D eigenvalue weighted by Crippen LogP contribution is 2.24. The molecule has 0 radical (unpaired) electrons. The lowest BCUT2D eigenvalue weighted by Crippen LogP contribution is -2.47. The van der Waals surface area contributed by atoms with Crippen molar-refractivity contribution in [2.75, 3.05) is 26.2 Å². The monoisotopic (exact) mass is 242 g/mol. The number of nitrogens with zero attached hydrogens (tertiary/aromatic N) is 1. The molecule has 0 bridgehead atoms. The first-order valence-corrected chi connectivity index (χ1v) is 5.80. The second-order valence-corrected chi connectivity index (χ2v) is 5.11. The molecule has 0 saturated carbocycles. The molecule has 0 aromatic heterocycles. The molecule has 2 saturated heterocycles. The van der Waals surface area contributed by atoms with Crippen molar-refractivity contribution in [1.29, 1.82) is 0 Å². The largest absolute Gasteiger partial charge is 0.480 e.